The lowest BCUT2D eigenvalue weighted by atomic mass is 10.1. The van der Waals surface area contributed by atoms with Crippen LogP contribution in [0.15, 0.2) is 54.7 Å². The number of carbonyl (C=O) groups excluding carboxylic acids is 1. The predicted octanol–water partition coefficient (Wildman–Crippen LogP) is 3.35. The highest BCUT2D eigenvalue weighted by atomic mass is 19.1. The highest BCUT2D eigenvalue weighted by molar-refractivity contribution is 5.83. The van der Waals surface area contributed by atoms with Gasteiger partial charge in [-0.25, -0.2) is 9.18 Å². The van der Waals surface area contributed by atoms with Crippen LogP contribution in [0.1, 0.15) is 11.1 Å². The Morgan fingerprint density at radius 3 is 2.83 bits per heavy atom. The van der Waals surface area contributed by atoms with Gasteiger partial charge in [-0.05, 0) is 35.7 Å². The number of hydrogen-bond acceptors (Lipinski definition) is 1. The number of aromatic nitrogens is 1. The molecule has 23 heavy (non-hydrogen) atoms. The fraction of sp³-hybridized carbons (Fsp3) is 0.167. The molecule has 0 bridgehead atoms. The molecule has 5 heteroatoms. The molecule has 0 atom stereocenters. The zero-order valence-electron chi connectivity index (χ0n) is 12.6. The molecule has 0 unspecified atom stereocenters. The fourth-order valence-corrected chi connectivity index (χ4v) is 2.54. The number of fused-ring (bicyclic) bond motifs is 1. The van der Waals surface area contributed by atoms with Crippen LogP contribution in [0.5, 0.6) is 0 Å². The summed E-state index contributed by atoms with van der Waals surface area (Å²) in [6.45, 7) is 0.841. The number of amides is 2. The first-order valence-corrected chi connectivity index (χ1v) is 7.53. The van der Waals surface area contributed by atoms with Gasteiger partial charge in [0.05, 0.1) is 0 Å². The summed E-state index contributed by atoms with van der Waals surface area (Å²) in [4.78, 5) is 15.0. The standard InChI is InChI=1S/C18H18FN3O/c19-15-5-3-4-13(10-15)11-22-18(23)20-9-8-14-12-21-17-7-2-1-6-16(14)17/h1-7,10,12,21H,8-9,11H2,(H2,20,22,23). The van der Waals surface area contributed by atoms with Crippen LogP contribution in [-0.2, 0) is 13.0 Å². The highest BCUT2D eigenvalue weighted by Crippen LogP contribution is 2.17. The minimum atomic E-state index is -0.302. The molecule has 2 aromatic carbocycles. The van der Waals surface area contributed by atoms with Crippen molar-refractivity contribution >= 4 is 16.9 Å². The number of halogens is 1. The zero-order valence-corrected chi connectivity index (χ0v) is 12.6. The van der Waals surface area contributed by atoms with Gasteiger partial charge in [-0.3, -0.25) is 0 Å². The average Bonchev–Trinajstić information content (AvgIpc) is 2.97. The van der Waals surface area contributed by atoms with Gasteiger partial charge >= 0.3 is 6.03 Å². The van der Waals surface area contributed by atoms with E-state index in [1.54, 1.807) is 12.1 Å². The number of benzene rings is 2. The van der Waals surface area contributed by atoms with Gasteiger partial charge in [0.2, 0.25) is 0 Å². The summed E-state index contributed by atoms with van der Waals surface area (Å²) in [5.41, 5.74) is 3.00. The van der Waals surface area contributed by atoms with Gasteiger partial charge in [0.25, 0.3) is 0 Å². The molecule has 0 aliphatic rings. The predicted molar refractivity (Wildman–Crippen MR) is 88.6 cm³/mol. The first-order chi connectivity index (χ1) is 11.2. The van der Waals surface area contributed by atoms with Gasteiger partial charge in [-0.15, -0.1) is 0 Å². The lowest BCUT2D eigenvalue weighted by Crippen LogP contribution is -2.36. The molecule has 2 amide bonds. The lowest BCUT2D eigenvalue weighted by molar-refractivity contribution is 0.240. The molecule has 3 N–H and O–H groups in total. The van der Waals surface area contributed by atoms with Crippen molar-refractivity contribution in [3.63, 3.8) is 0 Å². The van der Waals surface area contributed by atoms with Crippen molar-refractivity contribution in [2.45, 2.75) is 13.0 Å². The average molecular weight is 311 g/mol. The second kappa shape index (κ2) is 6.96. The number of nitrogens with one attached hydrogen (secondary N) is 3. The van der Waals surface area contributed by atoms with Crippen molar-refractivity contribution in [3.05, 3.63) is 71.7 Å². The summed E-state index contributed by atoms with van der Waals surface area (Å²) in [5.74, 6) is -0.302. The molecule has 4 nitrogen and oxygen atoms in total. The van der Waals surface area contributed by atoms with E-state index >= 15 is 0 Å². The summed E-state index contributed by atoms with van der Waals surface area (Å²) < 4.78 is 13.0. The van der Waals surface area contributed by atoms with Crippen molar-refractivity contribution in [2.75, 3.05) is 6.54 Å². The first kappa shape index (κ1) is 15.1. The number of carbonyl (C=O) groups is 1. The van der Waals surface area contributed by atoms with Crippen molar-refractivity contribution in [1.82, 2.24) is 15.6 Å². The minimum absolute atomic E-state index is 0.255. The lowest BCUT2D eigenvalue weighted by Gasteiger charge is -2.07. The van der Waals surface area contributed by atoms with E-state index in [0.717, 1.165) is 17.5 Å². The Balaban J connectivity index is 1.46. The van der Waals surface area contributed by atoms with Crippen LogP contribution in [0.4, 0.5) is 9.18 Å². The molecule has 0 aliphatic heterocycles. The molecule has 0 aliphatic carbocycles. The van der Waals surface area contributed by atoms with E-state index in [4.69, 9.17) is 0 Å². The Kier molecular flexibility index (Phi) is 4.57. The van der Waals surface area contributed by atoms with Gasteiger partial charge < -0.3 is 15.6 Å². The van der Waals surface area contributed by atoms with Gasteiger partial charge in [0.1, 0.15) is 5.82 Å². The topological polar surface area (TPSA) is 56.9 Å². The van der Waals surface area contributed by atoms with Gasteiger partial charge in [0.15, 0.2) is 0 Å². The summed E-state index contributed by atoms with van der Waals surface area (Å²) in [6.07, 6.45) is 2.72. The molecule has 3 aromatic rings. The molecule has 0 spiro atoms. The van der Waals surface area contributed by atoms with Crippen LogP contribution in [0, 0.1) is 5.82 Å². The van der Waals surface area contributed by atoms with Crippen LogP contribution in [0.3, 0.4) is 0 Å². The van der Waals surface area contributed by atoms with E-state index in [9.17, 15) is 9.18 Å². The minimum Gasteiger partial charge on any atom is -0.361 e. The van der Waals surface area contributed by atoms with Crippen molar-refractivity contribution < 1.29 is 9.18 Å². The maximum absolute atomic E-state index is 13.0. The molecule has 0 radical (unpaired) electrons. The maximum Gasteiger partial charge on any atom is 0.315 e. The monoisotopic (exact) mass is 311 g/mol. The summed E-state index contributed by atoms with van der Waals surface area (Å²) in [6, 6.07) is 14.0. The Bertz CT molecular complexity index is 813. The third-order valence-electron chi connectivity index (χ3n) is 3.70. The second-order valence-electron chi connectivity index (χ2n) is 5.35. The van der Waals surface area contributed by atoms with E-state index in [1.165, 1.54) is 23.1 Å². The Hall–Kier alpha value is -2.82. The van der Waals surface area contributed by atoms with E-state index in [1.807, 2.05) is 24.4 Å². The van der Waals surface area contributed by atoms with Crippen LogP contribution in [-0.4, -0.2) is 17.6 Å². The molecule has 1 aromatic heterocycles. The van der Waals surface area contributed by atoms with Crippen LogP contribution in [0.25, 0.3) is 10.9 Å². The molecule has 0 fully saturated rings. The summed E-state index contributed by atoms with van der Waals surface area (Å²) >= 11 is 0. The quantitative estimate of drug-likeness (QED) is 0.665. The van der Waals surface area contributed by atoms with Crippen LogP contribution in [0.2, 0.25) is 0 Å². The smallest absolute Gasteiger partial charge is 0.315 e. The van der Waals surface area contributed by atoms with Crippen LogP contribution >= 0.6 is 0 Å². The van der Waals surface area contributed by atoms with E-state index in [-0.39, 0.29) is 11.8 Å². The third-order valence-corrected chi connectivity index (χ3v) is 3.70. The SMILES string of the molecule is O=C(NCCc1c[nH]c2ccccc12)NCc1cccc(F)c1. The summed E-state index contributed by atoms with van der Waals surface area (Å²) in [5, 5.41) is 6.71. The largest absolute Gasteiger partial charge is 0.361 e. The fourth-order valence-electron chi connectivity index (χ4n) is 2.54. The van der Waals surface area contributed by atoms with Gasteiger partial charge in [0, 0.05) is 30.2 Å². The number of para-hydroxylation sites is 1. The number of aromatic amines is 1. The Labute approximate surface area is 133 Å². The molecule has 1 heterocycles. The third kappa shape index (κ3) is 3.88. The van der Waals surface area contributed by atoms with Crippen molar-refractivity contribution in [2.24, 2.45) is 0 Å². The van der Waals surface area contributed by atoms with Gasteiger partial charge in [-0.2, -0.15) is 0 Å². The number of hydrogen-bond donors (Lipinski definition) is 3. The van der Waals surface area contributed by atoms with Crippen LogP contribution < -0.4 is 10.6 Å². The summed E-state index contributed by atoms with van der Waals surface area (Å²) in [7, 11) is 0. The highest BCUT2D eigenvalue weighted by Gasteiger charge is 2.04. The molecular weight excluding hydrogens is 293 g/mol. The number of H-pyrrole nitrogens is 1. The van der Waals surface area contributed by atoms with E-state index in [0.29, 0.717) is 13.1 Å². The number of urea groups is 1. The molecule has 3 rings (SSSR count). The zero-order chi connectivity index (χ0) is 16.1. The first-order valence-electron chi connectivity index (χ1n) is 7.53. The number of rotatable bonds is 5. The molecular formula is C18H18FN3O. The van der Waals surface area contributed by atoms with Crippen molar-refractivity contribution in [1.29, 1.82) is 0 Å². The van der Waals surface area contributed by atoms with Gasteiger partial charge in [-0.1, -0.05) is 30.3 Å². The Morgan fingerprint density at radius 1 is 1.09 bits per heavy atom. The normalized spacial score (nSPS) is 10.7. The van der Waals surface area contributed by atoms with Crippen molar-refractivity contribution in [3.8, 4) is 0 Å². The van der Waals surface area contributed by atoms with E-state index in [2.05, 4.69) is 21.7 Å². The van der Waals surface area contributed by atoms with E-state index < -0.39 is 0 Å². The Morgan fingerprint density at radius 2 is 1.96 bits per heavy atom. The maximum atomic E-state index is 13.0. The second-order valence-corrected chi connectivity index (χ2v) is 5.35. The molecule has 0 saturated carbocycles. The molecule has 0 saturated heterocycles. The molecule has 118 valence electrons.